The lowest BCUT2D eigenvalue weighted by molar-refractivity contribution is 0.198. The number of amides is 2. The lowest BCUT2D eigenvalue weighted by atomic mass is 10.2. The molecule has 0 aromatic carbocycles. The van der Waals surface area contributed by atoms with Gasteiger partial charge in [-0.15, -0.1) is 0 Å². The summed E-state index contributed by atoms with van der Waals surface area (Å²) in [4.78, 5) is 27.4. The zero-order chi connectivity index (χ0) is 16.8. The first-order valence-corrected chi connectivity index (χ1v) is 8.73. The van der Waals surface area contributed by atoms with Crippen molar-refractivity contribution in [3.8, 4) is 0 Å². The quantitative estimate of drug-likeness (QED) is 0.808. The molecule has 23 heavy (non-hydrogen) atoms. The SMILES string of the molecule is CCN(CC)c1ncc(N(CC)C(=O)N(C)C2CCCC2)cn1. The average Bonchev–Trinajstić information content (AvgIpc) is 3.11. The normalized spacial score (nSPS) is 14.8. The molecule has 1 fully saturated rings. The highest BCUT2D eigenvalue weighted by atomic mass is 16.2. The van der Waals surface area contributed by atoms with Crippen LogP contribution in [0.5, 0.6) is 0 Å². The van der Waals surface area contributed by atoms with Gasteiger partial charge in [0.1, 0.15) is 0 Å². The van der Waals surface area contributed by atoms with E-state index in [1.54, 1.807) is 17.3 Å². The van der Waals surface area contributed by atoms with Crippen LogP contribution in [0.4, 0.5) is 16.4 Å². The smallest absolute Gasteiger partial charge is 0.324 e. The Morgan fingerprint density at radius 2 is 1.65 bits per heavy atom. The van der Waals surface area contributed by atoms with Crippen LogP contribution < -0.4 is 9.80 Å². The predicted molar refractivity (Wildman–Crippen MR) is 94.0 cm³/mol. The molecule has 1 saturated carbocycles. The monoisotopic (exact) mass is 319 g/mol. The van der Waals surface area contributed by atoms with Gasteiger partial charge in [-0.05, 0) is 33.6 Å². The van der Waals surface area contributed by atoms with Gasteiger partial charge < -0.3 is 9.80 Å². The highest BCUT2D eigenvalue weighted by molar-refractivity contribution is 5.91. The average molecular weight is 319 g/mol. The summed E-state index contributed by atoms with van der Waals surface area (Å²) in [5.41, 5.74) is 0.762. The molecule has 1 aliphatic carbocycles. The Morgan fingerprint density at radius 1 is 1.09 bits per heavy atom. The summed E-state index contributed by atoms with van der Waals surface area (Å²) in [6.45, 7) is 8.51. The topological polar surface area (TPSA) is 52.6 Å². The van der Waals surface area contributed by atoms with Gasteiger partial charge in [-0.25, -0.2) is 14.8 Å². The van der Waals surface area contributed by atoms with Crippen LogP contribution in [-0.2, 0) is 0 Å². The van der Waals surface area contributed by atoms with Crippen LogP contribution in [0.1, 0.15) is 46.5 Å². The van der Waals surface area contributed by atoms with Gasteiger partial charge in [0.2, 0.25) is 5.95 Å². The van der Waals surface area contributed by atoms with Crippen molar-refractivity contribution in [2.75, 3.05) is 36.5 Å². The molecule has 0 aliphatic heterocycles. The van der Waals surface area contributed by atoms with Gasteiger partial charge in [0, 0.05) is 32.7 Å². The van der Waals surface area contributed by atoms with Crippen LogP contribution >= 0.6 is 0 Å². The molecule has 1 aromatic heterocycles. The number of nitrogens with zero attached hydrogens (tertiary/aromatic N) is 5. The molecular formula is C17H29N5O. The van der Waals surface area contributed by atoms with Gasteiger partial charge in [0.05, 0.1) is 18.1 Å². The highest BCUT2D eigenvalue weighted by Crippen LogP contribution is 2.24. The molecule has 1 heterocycles. The third kappa shape index (κ3) is 3.92. The van der Waals surface area contributed by atoms with Crippen molar-refractivity contribution < 1.29 is 4.79 Å². The van der Waals surface area contributed by atoms with E-state index in [-0.39, 0.29) is 6.03 Å². The van der Waals surface area contributed by atoms with Gasteiger partial charge in [-0.3, -0.25) is 4.90 Å². The number of rotatable bonds is 6. The largest absolute Gasteiger partial charge is 0.341 e. The Balaban J connectivity index is 2.11. The van der Waals surface area contributed by atoms with E-state index < -0.39 is 0 Å². The summed E-state index contributed by atoms with van der Waals surface area (Å²) >= 11 is 0. The molecule has 0 atom stereocenters. The van der Waals surface area contributed by atoms with Gasteiger partial charge in [-0.2, -0.15) is 0 Å². The third-order valence-electron chi connectivity index (χ3n) is 4.70. The van der Waals surface area contributed by atoms with Gasteiger partial charge in [0.15, 0.2) is 0 Å². The second-order valence-electron chi connectivity index (χ2n) is 5.99. The number of carbonyl (C=O) groups is 1. The number of hydrogen-bond acceptors (Lipinski definition) is 4. The van der Waals surface area contributed by atoms with E-state index in [9.17, 15) is 4.79 Å². The molecule has 0 radical (unpaired) electrons. The van der Waals surface area contributed by atoms with E-state index in [0.29, 0.717) is 18.5 Å². The molecule has 6 heteroatoms. The van der Waals surface area contributed by atoms with Crippen LogP contribution in [0.3, 0.4) is 0 Å². The van der Waals surface area contributed by atoms with Gasteiger partial charge in [-0.1, -0.05) is 12.8 Å². The summed E-state index contributed by atoms with van der Waals surface area (Å²) in [5, 5.41) is 0. The van der Waals surface area contributed by atoms with Crippen molar-refractivity contribution in [3.63, 3.8) is 0 Å². The van der Waals surface area contributed by atoms with Crippen molar-refractivity contribution in [3.05, 3.63) is 12.4 Å². The Kier molecular flexibility index (Phi) is 6.19. The van der Waals surface area contributed by atoms with Crippen molar-refractivity contribution in [2.24, 2.45) is 0 Å². The fraction of sp³-hybridized carbons (Fsp3) is 0.706. The molecule has 6 nitrogen and oxygen atoms in total. The molecule has 1 aromatic rings. The second kappa shape index (κ2) is 8.13. The predicted octanol–water partition coefficient (Wildman–Crippen LogP) is 3.14. The van der Waals surface area contributed by atoms with Crippen molar-refractivity contribution in [2.45, 2.75) is 52.5 Å². The minimum Gasteiger partial charge on any atom is -0.341 e. The molecule has 0 bridgehead atoms. The maximum atomic E-state index is 12.8. The maximum Gasteiger partial charge on any atom is 0.324 e. The van der Waals surface area contributed by atoms with Crippen LogP contribution in [0.15, 0.2) is 12.4 Å². The molecule has 0 unspecified atom stereocenters. The Morgan fingerprint density at radius 3 is 2.13 bits per heavy atom. The molecule has 128 valence electrons. The van der Waals surface area contributed by atoms with E-state index in [2.05, 4.69) is 28.7 Å². The molecule has 2 rings (SSSR count). The Hall–Kier alpha value is -1.85. The fourth-order valence-corrected chi connectivity index (χ4v) is 3.19. The van der Waals surface area contributed by atoms with Crippen LogP contribution in [0, 0.1) is 0 Å². The number of urea groups is 1. The fourth-order valence-electron chi connectivity index (χ4n) is 3.19. The molecule has 0 spiro atoms. The summed E-state index contributed by atoms with van der Waals surface area (Å²) < 4.78 is 0. The van der Waals surface area contributed by atoms with Crippen LogP contribution in [0.25, 0.3) is 0 Å². The highest BCUT2D eigenvalue weighted by Gasteiger charge is 2.27. The molecule has 1 aliphatic rings. The van der Waals surface area contributed by atoms with E-state index in [1.165, 1.54) is 12.8 Å². The van der Waals surface area contributed by atoms with E-state index in [0.717, 1.165) is 31.6 Å². The van der Waals surface area contributed by atoms with Crippen LogP contribution in [0.2, 0.25) is 0 Å². The Labute approximate surface area is 139 Å². The third-order valence-corrected chi connectivity index (χ3v) is 4.70. The lowest BCUT2D eigenvalue weighted by Gasteiger charge is -2.31. The maximum absolute atomic E-state index is 12.8. The summed E-state index contributed by atoms with van der Waals surface area (Å²) in [5.74, 6) is 0.714. The minimum atomic E-state index is 0.0404. The zero-order valence-electron chi connectivity index (χ0n) is 14.8. The van der Waals surface area contributed by atoms with Gasteiger partial charge >= 0.3 is 6.03 Å². The lowest BCUT2D eigenvalue weighted by Crippen LogP contribution is -2.45. The van der Waals surface area contributed by atoms with E-state index in [1.807, 2.05) is 18.9 Å². The molecule has 0 N–H and O–H groups in total. The minimum absolute atomic E-state index is 0.0404. The zero-order valence-corrected chi connectivity index (χ0v) is 14.8. The molecule has 2 amide bonds. The summed E-state index contributed by atoms with van der Waals surface area (Å²) in [6, 6.07) is 0.408. The second-order valence-corrected chi connectivity index (χ2v) is 5.99. The number of hydrogen-bond donors (Lipinski definition) is 0. The summed E-state index contributed by atoms with van der Waals surface area (Å²) in [6.07, 6.45) is 8.16. The van der Waals surface area contributed by atoms with Crippen molar-refractivity contribution in [1.29, 1.82) is 0 Å². The molecular weight excluding hydrogens is 290 g/mol. The number of aromatic nitrogens is 2. The Bertz CT molecular complexity index is 494. The first kappa shape index (κ1) is 17.5. The van der Waals surface area contributed by atoms with Crippen molar-refractivity contribution >= 4 is 17.7 Å². The van der Waals surface area contributed by atoms with Crippen molar-refractivity contribution in [1.82, 2.24) is 14.9 Å². The number of anilines is 2. The van der Waals surface area contributed by atoms with E-state index in [4.69, 9.17) is 0 Å². The first-order valence-electron chi connectivity index (χ1n) is 8.73. The summed E-state index contributed by atoms with van der Waals surface area (Å²) in [7, 11) is 1.91. The van der Waals surface area contributed by atoms with Gasteiger partial charge in [0.25, 0.3) is 0 Å². The van der Waals surface area contributed by atoms with Crippen LogP contribution in [-0.4, -0.2) is 53.6 Å². The van der Waals surface area contributed by atoms with E-state index >= 15 is 0 Å². The first-order chi connectivity index (χ1) is 11.1. The molecule has 0 saturated heterocycles. The standard InChI is InChI=1S/C17H29N5O/c1-5-21(6-2)16-18-12-15(13-19-16)22(7-3)17(23)20(4)14-10-8-9-11-14/h12-14H,5-11H2,1-4H3. The number of carbonyl (C=O) groups excluding carboxylic acids is 1.